The zero-order valence-electron chi connectivity index (χ0n) is 12.3. The fraction of sp³-hybridized carbons (Fsp3) is 0.235. The minimum Gasteiger partial charge on any atom is -0.479 e. The van der Waals surface area contributed by atoms with Crippen LogP contribution in [0.25, 0.3) is 0 Å². The molecule has 0 fully saturated rings. The Morgan fingerprint density at radius 2 is 1.77 bits per heavy atom. The van der Waals surface area contributed by atoms with Gasteiger partial charge >= 0.3 is 0 Å². The van der Waals surface area contributed by atoms with Crippen LogP contribution in [0.4, 0.5) is 0 Å². The molecule has 0 aliphatic carbocycles. The Morgan fingerprint density at radius 3 is 2.41 bits per heavy atom. The normalized spacial score (nSPS) is 13.3. The number of carbonyl (C=O) groups is 1. The van der Waals surface area contributed by atoms with E-state index in [4.69, 9.17) is 27.9 Å². The van der Waals surface area contributed by atoms with Crippen molar-refractivity contribution in [3.63, 3.8) is 0 Å². The molecule has 0 radical (unpaired) electrons. The van der Waals surface area contributed by atoms with Crippen molar-refractivity contribution >= 4 is 29.1 Å². The van der Waals surface area contributed by atoms with E-state index in [2.05, 4.69) is 5.32 Å². The van der Waals surface area contributed by atoms with Gasteiger partial charge in [-0.05, 0) is 37.6 Å². The van der Waals surface area contributed by atoms with E-state index in [0.717, 1.165) is 5.56 Å². The van der Waals surface area contributed by atoms with Gasteiger partial charge in [0.05, 0.1) is 11.1 Å². The van der Waals surface area contributed by atoms with E-state index in [1.54, 1.807) is 25.1 Å². The van der Waals surface area contributed by atoms with Crippen LogP contribution in [0.15, 0.2) is 48.5 Å². The number of hydrogen-bond donors (Lipinski definition) is 1. The Bertz CT molecular complexity index is 646. The highest BCUT2D eigenvalue weighted by molar-refractivity contribution is 6.35. The maximum atomic E-state index is 12.2. The van der Waals surface area contributed by atoms with E-state index in [1.165, 1.54) is 0 Å². The van der Waals surface area contributed by atoms with Crippen LogP contribution < -0.4 is 10.1 Å². The minimum absolute atomic E-state index is 0.0968. The molecule has 0 bridgehead atoms. The van der Waals surface area contributed by atoms with Crippen molar-refractivity contribution in [1.82, 2.24) is 5.32 Å². The van der Waals surface area contributed by atoms with Crippen LogP contribution in [0.2, 0.25) is 10.0 Å². The van der Waals surface area contributed by atoms with Gasteiger partial charge < -0.3 is 10.1 Å². The second-order valence-corrected chi connectivity index (χ2v) is 5.82. The maximum absolute atomic E-state index is 12.2. The molecule has 2 rings (SSSR count). The van der Waals surface area contributed by atoms with E-state index in [1.807, 2.05) is 37.3 Å². The predicted molar refractivity (Wildman–Crippen MR) is 89.6 cm³/mol. The number of amides is 1. The summed E-state index contributed by atoms with van der Waals surface area (Å²) < 4.78 is 5.60. The molecule has 0 aromatic heterocycles. The number of nitrogens with one attached hydrogen (secondary N) is 1. The summed E-state index contributed by atoms with van der Waals surface area (Å²) in [6.07, 6.45) is -0.662. The van der Waals surface area contributed by atoms with Gasteiger partial charge in [-0.25, -0.2) is 0 Å². The van der Waals surface area contributed by atoms with Crippen molar-refractivity contribution in [3.05, 3.63) is 64.1 Å². The number of ether oxygens (including phenoxy) is 1. The lowest BCUT2D eigenvalue weighted by Crippen LogP contribution is -2.37. The van der Waals surface area contributed by atoms with Crippen molar-refractivity contribution < 1.29 is 9.53 Å². The van der Waals surface area contributed by atoms with Crippen LogP contribution in [-0.4, -0.2) is 12.0 Å². The summed E-state index contributed by atoms with van der Waals surface area (Å²) in [6, 6.07) is 14.5. The second-order valence-electron chi connectivity index (χ2n) is 4.98. The Morgan fingerprint density at radius 1 is 1.09 bits per heavy atom. The molecule has 0 heterocycles. The molecule has 116 valence electrons. The molecule has 1 amide bonds. The van der Waals surface area contributed by atoms with Gasteiger partial charge in [0.25, 0.3) is 5.91 Å². The summed E-state index contributed by atoms with van der Waals surface area (Å²) in [5.41, 5.74) is 1.03. The summed E-state index contributed by atoms with van der Waals surface area (Å²) in [4.78, 5) is 12.2. The zero-order valence-corrected chi connectivity index (χ0v) is 13.9. The highest BCUT2D eigenvalue weighted by Gasteiger charge is 2.18. The zero-order chi connectivity index (χ0) is 16.1. The Hall–Kier alpha value is -1.71. The molecule has 2 aromatic carbocycles. The predicted octanol–water partition coefficient (Wildman–Crippen LogP) is 4.64. The minimum atomic E-state index is -0.662. The number of rotatable bonds is 5. The van der Waals surface area contributed by atoms with Crippen molar-refractivity contribution in [2.45, 2.75) is 26.0 Å². The number of halogens is 2. The fourth-order valence-corrected chi connectivity index (χ4v) is 2.42. The molecule has 0 aliphatic rings. The average Bonchev–Trinajstić information content (AvgIpc) is 2.50. The lowest BCUT2D eigenvalue weighted by molar-refractivity contribution is -0.127. The summed E-state index contributed by atoms with van der Waals surface area (Å²) >= 11 is 11.9. The molecule has 0 spiro atoms. The van der Waals surface area contributed by atoms with Gasteiger partial charge in [0.15, 0.2) is 6.10 Å². The molecule has 0 saturated carbocycles. The van der Waals surface area contributed by atoms with Gasteiger partial charge in [0.1, 0.15) is 5.75 Å². The van der Waals surface area contributed by atoms with E-state index < -0.39 is 6.10 Å². The monoisotopic (exact) mass is 337 g/mol. The quantitative estimate of drug-likeness (QED) is 0.863. The smallest absolute Gasteiger partial charge is 0.261 e. The van der Waals surface area contributed by atoms with Crippen molar-refractivity contribution in [2.75, 3.05) is 0 Å². The molecule has 0 aliphatic heterocycles. The molecule has 5 heteroatoms. The Labute approximate surface area is 140 Å². The third-order valence-electron chi connectivity index (χ3n) is 3.23. The van der Waals surface area contributed by atoms with Crippen LogP contribution in [-0.2, 0) is 4.79 Å². The highest BCUT2D eigenvalue weighted by atomic mass is 35.5. The summed E-state index contributed by atoms with van der Waals surface area (Å²) in [6.45, 7) is 3.60. The van der Waals surface area contributed by atoms with Crippen molar-refractivity contribution in [2.24, 2.45) is 0 Å². The van der Waals surface area contributed by atoms with Gasteiger partial charge in [0.2, 0.25) is 0 Å². The first-order chi connectivity index (χ1) is 10.5. The number of carbonyl (C=O) groups excluding carboxylic acids is 1. The topological polar surface area (TPSA) is 38.3 Å². The lowest BCUT2D eigenvalue weighted by Gasteiger charge is -2.19. The molecule has 3 nitrogen and oxygen atoms in total. The van der Waals surface area contributed by atoms with Crippen LogP contribution >= 0.6 is 23.2 Å². The standard InChI is InChI=1S/C17H17Cl2NO2/c1-11(13-6-4-3-5-7-13)20-17(21)12(2)22-16-9-8-14(18)10-15(16)19/h3-12H,1-2H3,(H,20,21). The van der Waals surface area contributed by atoms with Gasteiger partial charge in [-0.15, -0.1) is 0 Å². The summed E-state index contributed by atoms with van der Waals surface area (Å²) in [5.74, 6) is 0.225. The maximum Gasteiger partial charge on any atom is 0.261 e. The van der Waals surface area contributed by atoms with Gasteiger partial charge in [-0.3, -0.25) is 4.79 Å². The van der Waals surface area contributed by atoms with Gasteiger partial charge in [0, 0.05) is 5.02 Å². The Kier molecular flexibility index (Phi) is 5.69. The molecule has 2 aromatic rings. The lowest BCUT2D eigenvalue weighted by atomic mass is 10.1. The van der Waals surface area contributed by atoms with Crippen LogP contribution in [0.1, 0.15) is 25.5 Å². The third-order valence-corrected chi connectivity index (χ3v) is 3.76. The largest absolute Gasteiger partial charge is 0.479 e. The van der Waals surface area contributed by atoms with Crippen LogP contribution in [0.5, 0.6) is 5.75 Å². The fourth-order valence-electron chi connectivity index (χ4n) is 1.97. The van der Waals surface area contributed by atoms with E-state index in [-0.39, 0.29) is 11.9 Å². The molecular weight excluding hydrogens is 321 g/mol. The van der Waals surface area contributed by atoms with Gasteiger partial charge in [-0.2, -0.15) is 0 Å². The first-order valence-corrected chi connectivity index (χ1v) is 7.70. The number of hydrogen-bond acceptors (Lipinski definition) is 2. The molecule has 0 saturated heterocycles. The van der Waals surface area contributed by atoms with Crippen LogP contribution in [0, 0.1) is 0 Å². The first kappa shape index (κ1) is 16.7. The number of benzene rings is 2. The van der Waals surface area contributed by atoms with Gasteiger partial charge in [-0.1, -0.05) is 53.5 Å². The average molecular weight is 338 g/mol. The molecular formula is C17H17Cl2NO2. The molecule has 2 atom stereocenters. The highest BCUT2D eigenvalue weighted by Crippen LogP contribution is 2.28. The third kappa shape index (κ3) is 4.39. The second kappa shape index (κ2) is 7.52. The molecule has 22 heavy (non-hydrogen) atoms. The van der Waals surface area contributed by atoms with Crippen LogP contribution in [0.3, 0.4) is 0 Å². The SMILES string of the molecule is CC(Oc1ccc(Cl)cc1Cl)C(=O)NC(C)c1ccccc1. The summed E-state index contributed by atoms with van der Waals surface area (Å²) in [5, 5.41) is 3.81. The van der Waals surface area contributed by atoms with E-state index in [0.29, 0.717) is 15.8 Å². The van der Waals surface area contributed by atoms with E-state index >= 15 is 0 Å². The van der Waals surface area contributed by atoms with Crippen molar-refractivity contribution in [3.8, 4) is 5.75 Å². The Balaban J connectivity index is 1.97. The van der Waals surface area contributed by atoms with Crippen molar-refractivity contribution in [1.29, 1.82) is 0 Å². The molecule has 2 unspecified atom stereocenters. The molecule has 1 N–H and O–H groups in total. The summed E-state index contributed by atoms with van der Waals surface area (Å²) in [7, 11) is 0. The van der Waals surface area contributed by atoms with E-state index in [9.17, 15) is 4.79 Å². The first-order valence-electron chi connectivity index (χ1n) is 6.94.